The smallest absolute Gasteiger partial charge is 0.226 e. The van der Waals surface area contributed by atoms with E-state index in [2.05, 4.69) is 15.1 Å². The molecule has 2 N–H and O–H groups in total. The van der Waals surface area contributed by atoms with Crippen LogP contribution in [-0.4, -0.2) is 15.8 Å². The summed E-state index contributed by atoms with van der Waals surface area (Å²) >= 11 is 0. The van der Waals surface area contributed by atoms with E-state index in [4.69, 9.17) is 19.7 Å². The fourth-order valence-corrected chi connectivity index (χ4v) is 2.62. The van der Waals surface area contributed by atoms with Crippen molar-refractivity contribution in [3.63, 3.8) is 0 Å². The van der Waals surface area contributed by atoms with Crippen LogP contribution in [0.4, 0.5) is 0 Å². The van der Waals surface area contributed by atoms with E-state index < -0.39 is 0 Å². The first-order chi connectivity index (χ1) is 14.7. The van der Waals surface area contributed by atoms with Crippen LogP contribution in [0.5, 0.6) is 11.6 Å². The molecule has 0 fully saturated rings. The van der Waals surface area contributed by atoms with E-state index >= 15 is 0 Å². The Kier molecular flexibility index (Phi) is 5.70. The molecular formula is C23H20N4O3. The molecule has 7 nitrogen and oxygen atoms in total. The predicted octanol–water partition coefficient (Wildman–Crippen LogP) is 4.67. The molecule has 0 atom stereocenters. The Bertz CT molecular complexity index is 1120. The molecule has 0 unspecified atom stereocenters. The number of aryl methyl sites for hydroxylation is 1. The van der Waals surface area contributed by atoms with Crippen LogP contribution in [0.3, 0.4) is 0 Å². The first-order valence-corrected chi connectivity index (χ1v) is 9.33. The Hall–Kier alpha value is -4.13. The fourth-order valence-electron chi connectivity index (χ4n) is 2.62. The van der Waals surface area contributed by atoms with Crippen molar-refractivity contribution in [2.75, 3.05) is 0 Å². The lowest BCUT2D eigenvalue weighted by atomic mass is 10.1. The van der Waals surface area contributed by atoms with E-state index in [0.29, 0.717) is 28.8 Å². The third-order valence-corrected chi connectivity index (χ3v) is 4.22. The molecule has 4 rings (SSSR count). The average Bonchev–Trinajstić information content (AvgIpc) is 3.24. The second-order valence-corrected chi connectivity index (χ2v) is 6.56. The summed E-state index contributed by atoms with van der Waals surface area (Å²) in [6.07, 6.45) is 3.12. The molecule has 0 aliphatic heterocycles. The van der Waals surface area contributed by atoms with Crippen LogP contribution in [0.25, 0.3) is 11.5 Å². The Morgan fingerprint density at radius 3 is 2.57 bits per heavy atom. The number of hydrogen-bond donors (Lipinski definition) is 1. The zero-order valence-electron chi connectivity index (χ0n) is 16.4. The van der Waals surface area contributed by atoms with Crippen LogP contribution in [0.1, 0.15) is 16.8 Å². The topological polar surface area (TPSA) is 95.8 Å². The minimum Gasteiger partial charge on any atom is -0.444 e. The summed E-state index contributed by atoms with van der Waals surface area (Å²) < 4.78 is 11.2. The minimum absolute atomic E-state index is 0.138. The Morgan fingerprint density at radius 2 is 1.83 bits per heavy atom. The van der Waals surface area contributed by atoms with E-state index in [0.717, 1.165) is 5.56 Å². The number of nitrogens with zero attached hydrogens (tertiary/aromatic N) is 3. The maximum Gasteiger partial charge on any atom is 0.226 e. The monoisotopic (exact) mass is 400 g/mol. The molecule has 0 aliphatic rings. The second-order valence-electron chi connectivity index (χ2n) is 6.56. The lowest BCUT2D eigenvalue weighted by Gasteiger charge is -2.05. The quantitative estimate of drug-likeness (QED) is 0.275. The highest BCUT2D eigenvalue weighted by Gasteiger charge is 2.08. The molecule has 7 heteroatoms. The molecule has 0 bridgehead atoms. The van der Waals surface area contributed by atoms with Gasteiger partial charge in [0, 0.05) is 23.4 Å². The first kappa shape index (κ1) is 19.2. The number of benzene rings is 2. The summed E-state index contributed by atoms with van der Waals surface area (Å²) in [5, 5.41) is 3.93. The maximum absolute atomic E-state index is 5.97. The van der Waals surface area contributed by atoms with Crippen LogP contribution < -0.4 is 10.5 Å². The number of ether oxygens (including phenoxy) is 1. The SMILES string of the molecule is Cc1ccc(-c2nc(CO/N=C(/N)c3ccc(Oc4ccccc4)nc3)co2)cc1. The molecule has 4 aromatic rings. The van der Waals surface area contributed by atoms with Crippen molar-refractivity contribution in [1.29, 1.82) is 0 Å². The molecule has 2 aromatic carbocycles. The van der Waals surface area contributed by atoms with E-state index in [1.54, 1.807) is 18.3 Å². The van der Waals surface area contributed by atoms with Gasteiger partial charge < -0.3 is 19.7 Å². The average molecular weight is 400 g/mol. The lowest BCUT2D eigenvalue weighted by Crippen LogP contribution is -2.14. The molecule has 150 valence electrons. The molecule has 0 radical (unpaired) electrons. The van der Waals surface area contributed by atoms with Gasteiger partial charge in [-0.25, -0.2) is 9.97 Å². The second kappa shape index (κ2) is 8.91. The number of pyridine rings is 1. The Labute approximate surface area is 173 Å². The summed E-state index contributed by atoms with van der Waals surface area (Å²) in [5.41, 5.74) is 9.29. The largest absolute Gasteiger partial charge is 0.444 e. The van der Waals surface area contributed by atoms with Crippen molar-refractivity contribution in [1.82, 2.24) is 9.97 Å². The van der Waals surface area contributed by atoms with Crippen LogP contribution in [-0.2, 0) is 11.4 Å². The molecule has 2 aromatic heterocycles. The number of oxime groups is 1. The number of nitrogens with two attached hydrogens (primary N) is 1. The van der Waals surface area contributed by atoms with E-state index in [1.807, 2.05) is 61.5 Å². The van der Waals surface area contributed by atoms with Crippen molar-refractivity contribution in [3.05, 3.63) is 96.0 Å². The van der Waals surface area contributed by atoms with Gasteiger partial charge in [-0.2, -0.15) is 0 Å². The summed E-state index contributed by atoms with van der Waals surface area (Å²) in [4.78, 5) is 14.0. The third kappa shape index (κ3) is 4.82. The van der Waals surface area contributed by atoms with Gasteiger partial charge in [-0.15, -0.1) is 0 Å². The van der Waals surface area contributed by atoms with Crippen LogP contribution >= 0.6 is 0 Å². The van der Waals surface area contributed by atoms with Gasteiger partial charge in [0.15, 0.2) is 12.4 Å². The lowest BCUT2D eigenvalue weighted by molar-refractivity contribution is 0.127. The van der Waals surface area contributed by atoms with E-state index in [9.17, 15) is 0 Å². The summed E-state index contributed by atoms with van der Waals surface area (Å²) in [6.45, 7) is 2.17. The van der Waals surface area contributed by atoms with Gasteiger partial charge in [-0.05, 0) is 37.3 Å². The van der Waals surface area contributed by atoms with Gasteiger partial charge in [0.25, 0.3) is 0 Å². The highest BCUT2D eigenvalue weighted by Crippen LogP contribution is 2.20. The minimum atomic E-state index is 0.138. The number of para-hydroxylation sites is 1. The van der Waals surface area contributed by atoms with Crippen LogP contribution in [0.2, 0.25) is 0 Å². The molecular weight excluding hydrogens is 380 g/mol. The van der Waals surface area contributed by atoms with Crippen molar-refractivity contribution >= 4 is 5.84 Å². The van der Waals surface area contributed by atoms with Crippen LogP contribution in [0.15, 0.2) is 88.8 Å². The van der Waals surface area contributed by atoms with Gasteiger partial charge >= 0.3 is 0 Å². The molecule has 0 amide bonds. The molecule has 0 saturated heterocycles. The number of rotatable bonds is 7. The number of aromatic nitrogens is 2. The van der Waals surface area contributed by atoms with Gasteiger partial charge in [-0.3, -0.25) is 0 Å². The van der Waals surface area contributed by atoms with Crippen molar-refractivity contribution in [2.45, 2.75) is 13.5 Å². The van der Waals surface area contributed by atoms with E-state index in [-0.39, 0.29) is 12.4 Å². The highest BCUT2D eigenvalue weighted by atomic mass is 16.6. The number of oxazole rings is 1. The van der Waals surface area contributed by atoms with Crippen molar-refractivity contribution < 1.29 is 14.0 Å². The van der Waals surface area contributed by atoms with E-state index in [1.165, 1.54) is 11.8 Å². The zero-order chi connectivity index (χ0) is 20.8. The Balaban J connectivity index is 1.33. The van der Waals surface area contributed by atoms with Gasteiger partial charge in [-0.1, -0.05) is 41.1 Å². The highest BCUT2D eigenvalue weighted by molar-refractivity contribution is 5.96. The first-order valence-electron chi connectivity index (χ1n) is 9.33. The number of hydrogen-bond acceptors (Lipinski definition) is 6. The molecule has 0 aliphatic carbocycles. The van der Waals surface area contributed by atoms with Crippen LogP contribution in [0, 0.1) is 6.92 Å². The Morgan fingerprint density at radius 1 is 1.03 bits per heavy atom. The zero-order valence-corrected chi connectivity index (χ0v) is 16.4. The predicted molar refractivity (Wildman–Crippen MR) is 113 cm³/mol. The fraction of sp³-hybridized carbons (Fsp3) is 0.0870. The summed E-state index contributed by atoms with van der Waals surface area (Å²) in [7, 11) is 0. The molecule has 2 heterocycles. The van der Waals surface area contributed by atoms with Crippen molar-refractivity contribution in [2.24, 2.45) is 10.9 Å². The molecule has 30 heavy (non-hydrogen) atoms. The standard InChI is InChI=1S/C23H20N4O3/c1-16-7-9-17(10-8-16)23-26-19(14-28-23)15-29-27-22(24)18-11-12-21(25-13-18)30-20-5-3-2-4-6-20/h2-14H,15H2,1H3,(H2,24,27). The molecule has 0 spiro atoms. The van der Waals surface area contributed by atoms with Gasteiger partial charge in [0.2, 0.25) is 11.8 Å². The van der Waals surface area contributed by atoms with Crippen molar-refractivity contribution in [3.8, 4) is 23.1 Å². The third-order valence-electron chi connectivity index (χ3n) is 4.22. The maximum atomic E-state index is 5.97. The van der Waals surface area contributed by atoms with Gasteiger partial charge in [0.05, 0.1) is 0 Å². The summed E-state index contributed by atoms with van der Waals surface area (Å²) in [5.74, 6) is 1.91. The number of amidine groups is 1. The normalized spacial score (nSPS) is 11.3. The molecule has 0 saturated carbocycles. The van der Waals surface area contributed by atoms with Gasteiger partial charge in [0.1, 0.15) is 17.7 Å². The summed E-state index contributed by atoms with van der Waals surface area (Å²) in [6, 6.07) is 20.8.